The third kappa shape index (κ3) is 4.46. The molecule has 2 heterocycles. The van der Waals surface area contributed by atoms with Gasteiger partial charge in [-0.15, -0.1) is 11.3 Å². The van der Waals surface area contributed by atoms with Gasteiger partial charge >= 0.3 is 0 Å². The van der Waals surface area contributed by atoms with Crippen molar-refractivity contribution in [1.82, 2.24) is 10.1 Å². The van der Waals surface area contributed by atoms with E-state index in [1.54, 1.807) is 6.20 Å². The molecule has 2 aromatic heterocycles. The summed E-state index contributed by atoms with van der Waals surface area (Å²) in [4.78, 5) is 17.5. The lowest BCUT2D eigenvalue weighted by Gasteiger charge is -2.02. The maximum absolute atomic E-state index is 12.1. The van der Waals surface area contributed by atoms with Crippen molar-refractivity contribution in [3.05, 3.63) is 62.9 Å². The van der Waals surface area contributed by atoms with Gasteiger partial charge < -0.3 is 9.84 Å². The summed E-state index contributed by atoms with van der Waals surface area (Å²) in [5.41, 5.74) is 2.87. The van der Waals surface area contributed by atoms with Gasteiger partial charge in [0, 0.05) is 34.5 Å². The molecule has 0 radical (unpaired) electrons. The lowest BCUT2D eigenvalue weighted by molar-refractivity contribution is -0.116. The highest BCUT2D eigenvalue weighted by molar-refractivity contribution is 7.15. The number of nitrogens with one attached hydrogen (secondary N) is 1. The zero-order chi connectivity index (χ0) is 17.8. The molecule has 0 spiro atoms. The second-order valence-electron chi connectivity index (χ2n) is 5.75. The van der Waals surface area contributed by atoms with Crippen LogP contribution < -0.4 is 5.32 Å². The predicted molar refractivity (Wildman–Crippen MR) is 99.3 cm³/mol. The highest BCUT2D eigenvalue weighted by Crippen LogP contribution is 2.25. The van der Waals surface area contributed by atoms with Gasteiger partial charge in [-0.25, -0.2) is 4.98 Å². The number of hydrogen-bond donors (Lipinski definition) is 1. The maximum atomic E-state index is 12.1. The Morgan fingerprint density at radius 2 is 2.12 bits per heavy atom. The van der Waals surface area contributed by atoms with Crippen molar-refractivity contribution in [2.45, 2.75) is 33.1 Å². The van der Waals surface area contributed by atoms with Gasteiger partial charge in [-0.3, -0.25) is 4.79 Å². The molecule has 25 heavy (non-hydrogen) atoms. The molecule has 1 N–H and O–H groups in total. The van der Waals surface area contributed by atoms with E-state index >= 15 is 0 Å². The minimum atomic E-state index is -0.0707. The molecule has 0 fully saturated rings. The zero-order valence-electron chi connectivity index (χ0n) is 14.0. The summed E-state index contributed by atoms with van der Waals surface area (Å²) in [6.07, 6.45) is 3.44. The third-order valence-corrected chi connectivity index (χ3v) is 5.19. The first-order chi connectivity index (χ1) is 12.0. The largest absolute Gasteiger partial charge is 0.361 e. The molecular weight excluding hydrogens is 358 g/mol. The van der Waals surface area contributed by atoms with Crippen molar-refractivity contribution in [2.75, 3.05) is 5.32 Å². The predicted octanol–water partition coefficient (Wildman–Crippen LogP) is 4.56. The van der Waals surface area contributed by atoms with Gasteiger partial charge in [0.25, 0.3) is 0 Å². The van der Waals surface area contributed by atoms with Gasteiger partial charge in [0.15, 0.2) is 5.13 Å². The van der Waals surface area contributed by atoms with Crippen molar-refractivity contribution < 1.29 is 9.32 Å². The molecule has 0 saturated carbocycles. The van der Waals surface area contributed by atoms with E-state index in [1.165, 1.54) is 11.3 Å². The number of anilines is 1. The highest BCUT2D eigenvalue weighted by Gasteiger charge is 2.13. The van der Waals surface area contributed by atoms with Crippen LogP contribution >= 0.6 is 22.9 Å². The Morgan fingerprint density at radius 3 is 2.84 bits per heavy atom. The first kappa shape index (κ1) is 17.6. The van der Waals surface area contributed by atoms with Crippen LogP contribution in [0.2, 0.25) is 5.02 Å². The monoisotopic (exact) mass is 375 g/mol. The van der Waals surface area contributed by atoms with Crippen LogP contribution in [0.1, 0.15) is 33.9 Å². The van der Waals surface area contributed by atoms with Gasteiger partial charge in [0.1, 0.15) is 5.76 Å². The van der Waals surface area contributed by atoms with Crippen LogP contribution in [-0.2, 0) is 17.6 Å². The fraction of sp³-hybridized carbons (Fsp3) is 0.278. The summed E-state index contributed by atoms with van der Waals surface area (Å²) in [7, 11) is 0. The second-order valence-corrected chi connectivity index (χ2v) is 7.27. The summed E-state index contributed by atoms with van der Waals surface area (Å²) in [5, 5.41) is 8.09. The van der Waals surface area contributed by atoms with Crippen LogP contribution in [0.4, 0.5) is 5.13 Å². The van der Waals surface area contributed by atoms with E-state index in [9.17, 15) is 4.79 Å². The molecule has 3 aromatic rings. The number of rotatable bonds is 6. The average molecular weight is 376 g/mol. The molecule has 0 aliphatic heterocycles. The lowest BCUT2D eigenvalue weighted by Crippen LogP contribution is -2.12. The summed E-state index contributed by atoms with van der Waals surface area (Å²) in [6.45, 7) is 3.74. The molecule has 130 valence electrons. The molecule has 1 aromatic carbocycles. The molecule has 7 heteroatoms. The fourth-order valence-electron chi connectivity index (χ4n) is 2.56. The van der Waals surface area contributed by atoms with E-state index in [4.69, 9.17) is 16.1 Å². The third-order valence-electron chi connectivity index (χ3n) is 3.91. The zero-order valence-corrected chi connectivity index (χ0v) is 15.6. The molecule has 0 atom stereocenters. The van der Waals surface area contributed by atoms with Crippen LogP contribution in [0, 0.1) is 13.8 Å². The summed E-state index contributed by atoms with van der Waals surface area (Å²) >= 11 is 7.64. The molecule has 3 rings (SSSR count). The second kappa shape index (κ2) is 7.80. The lowest BCUT2D eigenvalue weighted by atomic mass is 10.1. The number of aromatic nitrogens is 2. The highest BCUT2D eigenvalue weighted by atomic mass is 35.5. The van der Waals surface area contributed by atoms with Crippen molar-refractivity contribution in [1.29, 1.82) is 0 Å². The summed E-state index contributed by atoms with van der Waals surface area (Å²) in [5.74, 6) is 0.695. The van der Waals surface area contributed by atoms with Crippen LogP contribution in [0.25, 0.3) is 0 Å². The standard InChI is InChI=1S/C18H18ClN3O2S/c1-11-15(12(2)24-22-11)7-8-17(23)21-18-20-10-14(25-18)9-13-5-3-4-6-16(13)19/h3-6,10H,7-9H2,1-2H3,(H,20,21,23). The maximum Gasteiger partial charge on any atom is 0.226 e. The van der Waals surface area contributed by atoms with Crippen LogP contribution in [0.5, 0.6) is 0 Å². The molecule has 0 bridgehead atoms. The number of carbonyl (C=O) groups is 1. The number of halogens is 1. The van der Waals surface area contributed by atoms with E-state index in [0.29, 0.717) is 24.4 Å². The Bertz CT molecular complexity index is 869. The number of carbonyl (C=O) groups excluding carboxylic acids is 1. The van der Waals surface area contributed by atoms with E-state index in [-0.39, 0.29) is 5.91 Å². The van der Waals surface area contributed by atoms with Crippen molar-refractivity contribution in [3.8, 4) is 0 Å². The Morgan fingerprint density at radius 1 is 1.32 bits per heavy atom. The summed E-state index contributed by atoms with van der Waals surface area (Å²) < 4.78 is 5.11. The number of aryl methyl sites for hydroxylation is 2. The number of benzene rings is 1. The van der Waals surface area contributed by atoms with Crippen molar-refractivity contribution >= 4 is 34.0 Å². The smallest absolute Gasteiger partial charge is 0.226 e. The quantitative estimate of drug-likeness (QED) is 0.685. The van der Waals surface area contributed by atoms with Gasteiger partial charge in [-0.2, -0.15) is 0 Å². The number of thiazole rings is 1. The van der Waals surface area contributed by atoms with Crippen LogP contribution in [0.15, 0.2) is 35.0 Å². The molecule has 0 unspecified atom stereocenters. The number of hydrogen-bond acceptors (Lipinski definition) is 5. The number of amides is 1. The number of nitrogens with zero attached hydrogens (tertiary/aromatic N) is 2. The molecule has 0 saturated heterocycles. The van der Waals surface area contributed by atoms with Gasteiger partial charge in [0.2, 0.25) is 5.91 Å². The van der Waals surface area contributed by atoms with Crippen LogP contribution in [-0.4, -0.2) is 16.0 Å². The van der Waals surface area contributed by atoms with E-state index < -0.39 is 0 Å². The Balaban J connectivity index is 1.56. The minimum absolute atomic E-state index is 0.0707. The molecule has 5 nitrogen and oxygen atoms in total. The van der Waals surface area contributed by atoms with Gasteiger partial charge in [-0.1, -0.05) is 35.0 Å². The van der Waals surface area contributed by atoms with Crippen LogP contribution in [0.3, 0.4) is 0 Å². The van der Waals surface area contributed by atoms with Gasteiger partial charge in [-0.05, 0) is 31.9 Å². The first-order valence-electron chi connectivity index (χ1n) is 7.92. The molecule has 1 amide bonds. The Kier molecular flexibility index (Phi) is 5.50. The van der Waals surface area contributed by atoms with E-state index in [1.807, 2.05) is 38.1 Å². The fourth-order valence-corrected chi connectivity index (χ4v) is 3.61. The first-order valence-corrected chi connectivity index (χ1v) is 9.12. The Hall–Kier alpha value is -2.18. The topological polar surface area (TPSA) is 68.0 Å². The van der Waals surface area contributed by atoms with E-state index in [0.717, 1.165) is 32.5 Å². The van der Waals surface area contributed by atoms with Crippen molar-refractivity contribution in [2.24, 2.45) is 0 Å². The molecular formula is C18H18ClN3O2S. The molecule has 0 aliphatic carbocycles. The Labute approximate surface area is 155 Å². The van der Waals surface area contributed by atoms with E-state index in [2.05, 4.69) is 15.5 Å². The normalized spacial score (nSPS) is 10.8. The molecule has 0 aliphatic rings. The minimum Gasteiger partial charge on any atom is -0.361 e. The average Bonchev–Trinajstić information content (AvgIpc) is 3.15. The van der Waals surface area contributed by atoms with Crippen molar-refractivity contribution in [3.63, 3.8) is 0 Å². The SMILES string of the molecule is Cc1noc(C)c1CCC(=O)Nc1ncc(Cc2ccccc2Cl)s1. The summed E-state index contributed by atoms with van der Waals surface area (Å²) in [6, 6.07) is 7.72. The van der Waals surface area contributed by atoms with Gasteiger partial charge in [0.05, 0.1) is 5.69 Å².